The van der Waals surface area contributed by atoms with Crippen molar-refractivity contribution in [1.29, 1.82) is 0 Å². The van der Waals surface area contributed by atoms with E-state index in [1.165, 1.54) is 17.7 Å². The number of fused-ring (bicyclic) bond motifs is 1. The van der Waals surface area contributed by atoms with E-state index in [2.05, 4.69) is 21.9 Å². The number of nitrogen functional groups attached to an aromatic ring is 1. The average Bonchev–Trinajstić information content (AvgIpc) is 3.25. The molecule has 2 aromatic heterocycles. The fraction of sp³-hybridized carbons (Fsp3) is 0.207. The molecule has 9 heteroatoms. The quantitative estimate of drug-likeness (QED) is 0.325. The van der Waals surface area contributed by atoms with Crippen LogP contribution in [0.5, 0.6) is 0 Å². The van der Waals surface area contributed by atoms with Gasteiger partial charge >= 0.3 is 0 Å². The van der Waals surface area contributed by atoms with Crippen LogP contribution in [0.1, 0.15) is 11.1 Å². The standard InChI is InChI=1S/C29H27ClFN7/c30-23-11-9-21(10-12-23)18-36-13-15-37(16-14-36)29-33-26(22-7-4-8-24(31)17-22)25-27(32)38(35-28(25)34-29)19-20-5-2-1-3-6-20/h1-12,17H,13-16,18-19,32H2. The highest BCUT2D eigenvalue weighted by atomic mass is 35.5. The molecule has 2 N–H and O–H groups in total. The Morgan fingerprint density at radius 2 is 1.55 bits per heavy atom. The molecule has 5 aromatic rings. The van der Waals surface area contributed by atoms with E-state index in [1.54, 1.807) is 10.7 Å². The van der Waals surface area contributed by atoms with Crippen molar-refractivity contribution in [3.63, 3.8) is 0 Å². The minimum Gasteiger partial charge on any atom is -0.383 e. The van der Waals surface area contributed by atoms with Gasteiger partial charge in [-0.05, 0) is 35.4 Å². The van der Waals surface area contributed by atoms with Crippen LogP contribution in [0.25, 0.3) is 22.3 Å². The minimum absolute atomic E-state index is 0.332. The lowest BCUT2D eigenvalue weighted by atomic mass is 10.1. The van der Waals surface area contributed by atoms with E-state index in [4.69, 9.17) is 32.4 Å². The molecule has 1 fully saturated rings. The highest BCUT2D eigenvalue weighted by Crippen LogP contribution is 2.33. The molecule has 0 amide bonds. The van der Waals surface area contributed by atoms with Crippen LogP contribution in [-0.2, 0) is 13.1 Å². The van der Waals surface area contributed by atoms with Gasteiger partial charge < -0.3 is 10.6 Å². The number of piperazine rings is 1. The van der Waals surface area contributed by atoms with Crippen LogP contribution in [0.3, 0.4) is 0 Å². The van der Waals surface area contributed by atoms with Gasteiger partial charge in [0.15, 0.2) is 5.65 Å². The lowest BCUT2D eigenvalue weighted by Gasteiger charge is -2.34. The minimum atomic E-state index is -0.332. The normalized spacial score (nSPS) is 14.3. The Morgan fingerprint density at radius 3 is 2.29 bits per heavy atom. The highest BCUT2D eigenvalue weighted by molar-refractivity contribution is 6.30. The number of hydrogen-bond acceptors (Lipinski definition) is 6. The van der Waals surface area contributed by atoms with Gasteiger partial charge in [-0.2, -0.15) is 4.98 Å². The van der Waals surface area contributed by atoms with Gasteiger partial charge in [0.05, 0.1) is 17.6 Å². The third-order valence-electron chi connectivity index (χ3n) is 6.88. The molecule has 0 aliphatic carbocycles. The topological polar surface area (TPSA) is 76.1 Å². The molecular weight excluding hydrogens is 501 g/mol. The maximum Gasteiger partial charge on any atom is 0.228 e. The Kier molecular flexibility index (Phi) is 6.66. The summed E-state index contributed by atoms with van der Waals surface area (Å²) < 4.78 is 16.0. The van der Waals surface area contributed by atoms with E-state index in [0.29, 0.717) is 40.6 Å². The fourth-order valence-corrected chi connectivity index (χ4v) is 4.99. The summed E-state index contributed by atoms with van der Waals surface area (Å²) in [5.74, 6) is 0.705. The van der Waals surface area contributed by atoms with E-state index >= 15 is 0 Å². The van der Waals surface area contributed by atoms with Gasteiger partial charge in [-0.3, -0.25) is 4.90 Å². The zero-order chi connectivity index (χ0) is 26.1. The summed E-state index contributed by atoms with van der Waals surface area (Å²) in [7, 11) is 0. The Labute approximate surface area is 225 Å². The fourth-order valence-electron chi connectivity index (χ4n) is 4.86. The molecule has 0 bridgehead atoms. The molecule has 1 aliphatic rings. The van der Waals surface area contributed by atoms with Crippen molar-refractivity contribution in [2.75, 3.05) is 36.8 Å². The Balaban J connectivity index is 1.32. The molecule has 0 atom stereocenters. The second-order valence-corrected chi connectivity index (χ2v) is 9.94. The monoisotopic (exact) mass is 527 g/mol. The molecule has 0 spiro atoms. The molecule has 3 aromatic carbocycles. The number of nitrogens with zero attached hydrogens (tertiary/aromatic N) is 6. The maximum absolute atomic E-state index is 14.2. The molecule has 3 heterocycles. The zero-order valence-electron chi connectivity index (χ0n) is 20.8. The van der Waals surface area contributed by atoms with Gasteiger partial charge in [-0.15, -0.1) is 5.10 Å². The van der Waals surface area contributed by atoms with Crippen LogP contribution in [0.15, 0.2) is 78.9 Å². The van der Waals surface area contributed by atoms with E-state index < -0.39 is 0 Å². The Hall–Kier alpha value is -4.01. The summed E-state index contributed by atoms with van der Waals surface area (Å²) >= 11 is 6.03. The second kappa shape index (κ2) is 10.4. The third-order valence-corrected chi connectivity index (χ3v) is 7.13. The first-order valence-corrected chi connectivity index (χ1v) is 13.0. The van der Waals surface area contributed by atoms with Crippen LogP contribution in [0.2, 0.25) is 5.02 Å². The Bertz CT molecular complexity index is 1560. The molecule has 0 radical (unpaired) electrons. The molecule has 6 rings (SSSR count). The lowest BCUT2D eigenvalue weighted by Crippen LogP contribution is -2.46. The zero-order valence-corrected chi connectivity index (χ0v) is 21.5. The highest BCUT2D eigenvalue weighted by Gasteiger charge is 2.24. The van der Waals surface area contributed by atoms with Crippen molar-refractivity contribution >= 4 is 34.4 Å². The molecule has 0 saturated carbocycles. The number of anilines is 2. The first-order chi connectivity index (χ1) is 18.5. The number of nitrogens with two attached hydrogens (primary N) is 1. The van der Waals surface area contributed by atoms with Crippen LogP contribution >= 0.6 is 11.6 Å². The van der Waals surface area contributed by atoms with Crippen LogP contribution in [-0.4, -0.2) is 50.8 Å². The number of aromatic nitrogens is 4. The Morgan fingerprint density at radius 1 is 0.816 bits per heavy atom. The largest absolute Gasteiger partial charge is 0.383 e. The molecule has 7 nitrogen and oxygen atoms in total. The number of benzene rings is 3. The van der Waals surface area contributed by atoms with E-state index in [1.807, 2.05) is 48.5 Å². The predicted octanol–water partition coefficient (Wildman–Crippen LogP) is 5.24. The van der Waals surface area contributed by atoms with Gasteiger partial charge in [-0.25, -0.2) is 14.1 Å². The lowest BCUT2D eigenvalue weighted by molar-refractivity contribution is 0.249. The summed E-state index contributed by atoms with van der Waals surface area (Å²) in [6.45, 7) is 4.63. The number of hydrogen-bond donors (Lipinski definition) is 1. The van der Waals surface area contributed by atoms with Gasteiger partial charge in [0.1, 0.15) is 11.6 Å². The smallest absolute Gasteiger partial charge is 0.228 e. The van der Waals surface area contributed by atoms with Gasteiger partial charge in [-0.1, -0.05) is 66.2 Å². The van der Waals surface area contributed by atoms with E-state index in [-0.39, 0.29) is 5.82 Å². The van der Waals surface area contributed by atoms with Gasteiger partial charge in [0.25, 0.3) is 0 Å². The van der Waals surface area contributed by atoms with Crippen molar-refractivity contribution in [2.45, 2.75) is 13.1 Å². The third kappa shape index (κ3) is 5.05. The van der Waals surface area contributed by atoms with Gasteiger partial charge in [0, 0.05) is 43.3 Å². The maximum atomic E-state index is 14.2. The van der Waals surface area contributed by atoms with Crippen molar-refractivity contribution in [3.05, 3.63) is 101 Å². The number of halogens is 2. The molecule has 1 saturated heterocycles. The second-order valence-electron chi connectivity index (χ2n) is 9.50. The van der Waals surface area contributed by atoms with E-state index in [0.717, 1.165) is 43.3 Å². The first-order valence-electron chi connectivity index (χ1n) is 12.6. The molecular formula is C29H27ClFN7. The SMILES string of the molecule is Nc1c2c(-c3cccc(F)c3)nc(N3CCN(Cc4ccc(Cl)cc4)CC3)nc2nn1Cc1ccccc1. The number of rotatable bonds is 6. The summed E-state index contributed by atoms with van der Waals surface area (Å²) in [6, 6.07) is 24.4. The summed E-state index contributed by atoms with van der Waals surface area (Å²) in [6.07, 6.45) is 0. The molecule has 1 aliphatic heterocycles. The summed E-state index contributed by atoms with van der Waals surface area (Å²) in [4.78, 5) is 14.3. The first kappa shape index (κ1) is 24.3. The average molecular weight is 528 g/mol. The summed E-state index contributed by atoms with van der Waals surface area (Å²) in [5.41, 5.74) is 10.6. The van der Waals surface area contributed by atoms with Crippen LogP contribution in [0, 0.1) is 5.82 Å². The van der Waals surface area contributed by atoms with E-state index in [9.17, 15) is 4.39 Å². The molecule has 38 heavy (non-hydrogen) atoms. The molecule has 192 valence electrons. The summed E-state index contributed by atoms with van der Waals surface area (Å²) in [5, 5.41) is 6.13. The van der Waals surface area contributed by atoms with Crippen molar-refractivity contribution in [2.24, 2.45) is 0 Å². The van der Waals surface area contributed by atoms with Crippen molar-refractivity contribution in [1.82, 2.24) is 24.6 Å². The molecule has 0 unspecified atom stereocenters. The van der Waals surface area contributed by atoms with Crippen LogP contribution < -0.4 is 10.6 Å². The predicted molar refractivity (Wildman–Crippen MR) is 150 cm³/mol. The van der Waals surface area contributed by atoms with Crippen molar-refractivity contribution in [3.8, 4) is 11.3 Å². The van der Waals surface area contributed by atoms with Gasteiger partial charge in [0.2, 0.25) is 5.95 Å². The van der Waals surface area contributed by atoms with Crippen LogP contribution in [0.4, 0.5) is 16.2 Å². The van der Waals surface area contributed by atoms with Crippen molar-refractivity contribution < 1.29 is 4.39 Å².